The third kappa shape index (κ3) is 3.98. The van der Waals surface area contributed by atoms with Crippen LogP contribution in [-0.4, -0.2) is 38.7 Å². The number of hydrogen-bond donors (Lipinski definition) is 2. The predicted octanol–water partition coefficient (Wildman–Crippen LogP) is -0.199. The van der Waals surface area contributed by atoms with Crippen molar-refractivity contribution in [2.24, 2.45) is 5.92 Å². The van der Waals surface area contributed by atoms with Crippen LogP contribution in [0.3, 0.4) is 0 Å². The Balaban J connectivity index is 2.25. The molecule has 16 heavy (non-hydrogen) atoms. The van der Waals surface area contributed by atoms with Gasteiger partial charge in [-0.1, -0.05) is 12.1 Å². The lowest BCUT2D eigenvalue weighted by Crippen LogP contribution is -2.38. The van der Waals surface area contributed by atoms with Crippen molar-refractivity contribution in [3.05, 3.63) is 12.4 Å². The van der Waals surface area contributed by atoms with Gasteiger partial charge in [-0.2, -0.15) is 0 Å². The summed E-state index contributed by atoms with van der Waals surface area (Å²) >= 11 is 0. The zero-order valence-corrected chi connectivity index (χ0v) is 9.63. The van der Waals surface area contributed by atoms with Gasteiger partial charge in [0.25, 0.3) is 0 Å². The van der Waals surface area contributed by atoms with Crippen LogP contribution in [0.2, 0.25) is 0 Å². The van der Waals surface area contributed by atoms with Crippen molar-refractivity contribution in [2.45, 2.75) is 32.9 Å². The Hall–Kier alpha value is -1.43. The van der Waals surface area contributed by atoms with E-state index in [-0.39, 0.29) is 24.5 Å². The second-order valence-electron chi connectivity index (χ2n) is 3.93. The van der Waals surface area contributed by atoms with E-state index in [0.717, 1.165) is 0 Å². The molecule has 0 spiro atoms. The molecule has 1 aromatic heterocycles. The van der Waals surface area contributed by atoms with Crippen LogP contribution in [0.4, 0.5) is 0 Å². The Morgan fingerprint density at radius 2 is 2.31 bits per heavy atom. The molecule has 2 N–H and O–H groups in total. The lowest BCUT2D eigenvalue weighted by Gasteiger charge is -2.19. The number of aliphatic hydroxyl groups excluding tert-OH is 1. The summed E-state index contributed by atoms with van der Waals surface area (Å²) in [6.45, 7) is 4.37. The van der Waals surface area contributed by atoms with Gasteiger partial charge in [-0.3, -0.25) is 9.48 Å². The molecule has 0 fully saturated rings. The van der Waals surface area contributed by atoms with Gasteiger partial charge in [0.05, 0.1) is 12.7 Å². The van der Waals surface area contributed by atoms with Crippen LogP contribution in [0, 0.1) is 5.92 Å². The first kappa shape index (κ1) is 12.6. The zero-order chi connectivity index (χ0) is 12.0. The summed E-state index contributed by atoms with van der Waals surface area (Å²) in [5.74, 6) is 0.0265. The van der Waals surface area contributed by atoms with Crippen molar-refractivity contribution in [1.82, 2.24) is 20.3 Å². The minimum Gasteiger partial charge on any atom is -0.396 e. The van der Waals surface area contributed by atoms with Gasteiger partial charge in [0.2, 0.25) is 5.91 Å². The van der Waals surface area contributed by atoms with Crippen LogP contribution < -0.4 is 5.32 Å². The molecule has 6 heteroatoms. The highest BCUT2D eigenvalue weighted by atomic mass is 16.3. The minimum atomic E-state index is -0.0386. The van der Waals surface area contributed by atoms with Gasteiger partial charge >= 0.3 is 0 Å². The van der Waals surface area contributed by atoms with E-state index in [1.165, 1.54) is 0 Å². The van der Waals surface area contributed by atoms with Crippen molar-refractivity contribution in [1.29, 1.82) is 0 Å². The molecule has 6 nitrogen and oxygen atoms in total. The average molecular weight is 226 g/mol. The molecule has 0 aliphatic rings. The number of rotatable bonds is 6. The van der Waals surface area contributed by atoms with E-state index in [1.807, 2.05) is 13.8 Å². The Morgan fingerprint density at radius 1 is 1.56 bits per heavy atom. The molecule has 0 radical (unpaired) electrons. The smallest absolute Gasteiger partial charge is 0.222 e. The number of aliphatic hydroxyl groups is 1. The van der Waals surface area contributed by atoms with Crippen LogP contribution >= 0.6 is 0 Å². The highest BCUT2D eigenvalue weighted by Crippen LogP contribution is 2.01. The largest absolute Gasteiger partial charge is 0.396 e. The lowest BCUT2D eigenvalue weighted by atomic mass is 10.1. The fourth-order valence-electron chi connectivity index (χ4n) is 1.19. The van der Waals surface area contributed by atoms with Gasteiger partial charge in [-0.25, -0.2) is 0 Å². The monoisotopic (exact) mass is 226 g/mol. The SMILES string of the molecule is CC(CO)C(C)NC(=O)CCn1ccnn1. The molecule has 2 unspecified atom stereocenters. The first-order chi connectivity index (χ1) is 7.63. The highest BCUT2D eigenvalue weighted by Gasteiger charge is 2.13. The maximum atomic E-state index is 11.5. The van der Waals surface area contributed by atoms with E-state index in [2.05, 4.69) is 15.6 Å². The lowest BCUT2D eigenvalue weighted by molar-refractivity contribution is -0.122. The van der Waals surface area contributed by atoms with Crippen LogP contribution in [0.15, 0.2) is 12.4 Å². The summed E-state index contributed by atoms with van der Waals surface area (Å²) in [5, 5.41) is 19.2. The van der Waals surface area contributed by atoms with Crippen LogP contribution in [0.25, 0.3) is 0 Å². The quantitative estimate of drug-likeness (QED) is 0.704. The molecule has 2 atom stereocenters. The molecule has 0 bridgehead atoms. The molecule has 0 aliphatic carbocycles. The van der Waals surface area contributed by atoms with E-state index < -0.39 is 0 Å². The molecule has 0 saturated carbocycles. The Labute approximate surface area is 94.7 Å². The molecular weight excluding hydrogens is 208 g/mol. The van der Waals surface area contributed by atoms with Crippen molar-refractivity contribution in [3.63, 3.8) is 0 Å². The molecule has 1 amide bonds. The zero-order valence-electron chi connectivity index (χ0n) is 9.63. The van der Waals surface area contributed by atoms with E-state index in [4.69, 9.17) is 5.11 Å². The number of carbonyl (C=O) groups excluding carboxylic acids is 1. The van der Waals surface area contributed by atoms with Crippen LogP contribution in [-0.2, 0) is 11.3 Å². The summed E-state index contributed by atoms with van der Waals surface area (Å²) < 4.78 is 1.61. The molecule has 0 aliphatic heterocycles. The normalized spacial score (nSPS) is 14.4. The van der Waals surface area contributed by atoms with Crippen molar-refractivity contribution >= 4 is 5.91 Å². The van der Waals surface area contributed by atoms with Crippen molar-refractivity contribution in [2.75, 3.05) is 6.61 Å². The Morgan fingerprint density at radius 3 is 2.88 bits per heavy atom. The van der Waals surface area contributed by atoms with Gasteiger partial charge in [0, 0.05) is 25.3 Å². The minimum absolute atomic E-state index is 0.0201. The number of hydrogen-bond acceptors (Lipinski definition) is 4. The number of nitrogens with one attached hydrogen (secondary N) is 1. The third-order valence-corrected chi connectivity index (χ3v) is 2.57. The van der Waals surface area contributed by atoms with Gasteiger partial charge in [0.1, 0.15) is 0 Å². The maximum Gasteiger partial charge on any atom is 0.222 e. The summed E-state index contributed by atoms with van der Waals surface area (Å²) in [4.78, 5) is 11.5. The Kier molecular flexibility index (Phi) is 4.91. The molecule has 1 aromatic rings. The molecule has 0 saturated heterocycles. The standard InChI is InChI=1S/C10H18N4O2/c1-8(7-15)9(2)12-10(16)3-5-14-6-4-11-13-14/h4,6,8-9,15H,3,5,7H2,1-2H3,(H,12,16). The van der Waals surface area contributed by atoms with Gasteiger partial charge in [0.15, 0.2) is 0 Å². The van der Waals surface area contributed by atoms with E-state index in [1.54, 1.807) is 17.1 Å². The number of carbonyl (C=O) groups is 1. The number of amides is 1. The molecule has 90 valence electrons. The van der Waals surface area contributed by atoms with E-state index in [9.17, 15) is 4.79 Å². The van der Waals surface area contributed by atoms with Crippen LogP contribution in [0.5, 0.6) is 0 Å². The second-order valence-corrected chi connectivity index (χ2v) is 3.93. The van der Waals surface area contributed by atoms with E-state index >= 15 is 0 Å². The Bertz CT molecular complexity index is 313. The molecule has 0 aromatic carbocycles. The second kappa shape index (κ2) is 6.22. The number of nitrogens with zero attached hydrogens (tertiary/aromatic N) is 3. The van der Waals surface area contributed by atoms with Gasteiger partial charge < -0.3 is 10.4 Å². The first-order valence-electron chi connectivity index (χ1n) is 5.37. The summed E-state index contributed by atoms with van der Waals surface area (Å²) in [6, 6.07) is -0.0201. The fraction of sp³-hybridized carbons (Fsp3) is 0.700. The first-order valence-corrected chi connectivity index (χ1v) is 5.37. The summed E-state index contributed by atoms with van der Waals surface area (Å²) in [5.41, 5.74) is 0. The topological polar surface area (TPSA) is 80.0 Å². The molecule has 1 rings (SSSR count). The molecular formula is C10H18N4O2. The third-order valence-electron chi connectivity index (χ3n) is 2.57. The maximum absolute atomic E-state index is 11.5. The number of aryl methyl sites for hydroxylation is 1. The van der Waals surface area contributed by atoms with Crippen LogP contribution in [0.1, 0.15) is 20.3 Å². The average Bonchev–Trinajstić information content (AvgIpc) is 2.78. The van der Waals surface area contributed by atoms with Gasteiger partial charge in [-0.15, -0.1) is 5.10 Å². The highest BCUT2D eigenvalue weighted by molar-refractivity contribution is 5.76. The fourth-order valence-corrected chi connectivity index (χ4v) is 1.19. The number of aromatic nitrogens is 3. The summed E-state index contributed by atoms with van der Waals surface area (Å²) in [7, 11) is 0. The predicted molar refractivity (Wildman–Crippen MR) is 58.5 cm³/mol. The van der Waals surface area contributed by atoms with Crippen molar-refractivity contribution in [3.8, 4) is 0 Å². The van der Waals surface area contributed by atoms with Gasteiger partial charge in [-0.05, 0) is 12.8 Å². The van der Waals surface area contributed by atoms with Crippen molar-refractivity contribution < 1.29 is 9.90 Å². The summed E-state index contributed by atoms with van der Waals surface area (Å²) in [6.07, 6.45) is 3.66. The van der Waals surface area contributed by atoms with E-state index in [0.29, 0.717) is 13.0 Å². The molecule has 1 heterocycles.